The van der Waals surface area contributed by atoms with Gasteiger partial charge in [0, 0.05) is 13.2 Å². The molecule has 2 N–H and O–H groups in total. The van der Waals surface area contributed by atoms with E-state index >= 15 is 0 Å². The highest BCUT2D eigenvalue weighted by atomic mass is 16.5. The summed E-state index contributed by atoms with van der Waals surface area (Å²) in [4.78, 5) is 13.1. The second kappa shape index (κ2) is 8.51. The lowest BCUT2D eigenvalue weighted by molar-refractivity contribution is -0.146. The van der Waals surface area contributed by atoms with Crippen LogP contribution in [0, 0.1) is 5.92 Å². The van der Waals surface area contributed by atoms with Gasteiger partial charge in [0.15, 0.2) is 0 Å². The monoisotopic (exact) mass is 273 g/mol. The molecule has 0 bridgehead atoms. The summed E-state index contributed by atoms with van der Waals surface area (Å²) in [6.07, 6.45) is 3.12. The lowest BCUT2D eigenvalue weighted by Crippen LogP contribution is -2.50. The van der Waals surface area contributed by atoms with Crippen molar-refractivity contribution in [2.45, 2.75) is 51.7 Å². The maximum absolute atomic E-state index is 11.2. The number of rotatable bonds is 8. The summed E-state index contributed by atoms with van der Waals surface area (Å²) in [6.45, 7) is 6.25. The number of hydrogen-bond acceptors (Lipinski definition) is 4. The van der Waals surface area contributed by atoms with E-state index in [4.69, 9.17) is 4.74 Å². The van der Waals surface area contributed by atoms with Crippen LogP contribution in [0.5, 0.6) is 0 Å². The summed E-state index contributed by atoms with van der Waals surface area (Å²) in [6, 6.07) is -0.464. The molecule has 112 valence electrons. The number of hydrogen-bond donors (Lipinski definition) is 2. The molecular weight excluding hydrogens is 246 g/mol. The Hall–Kier alpha value is -0.650. The Bertz CT molecular complexity index is 272. The van der Waals surface area contributed by atoms with Crippen LogP contribution in [0.2, 0.25) is 0 Å². The van der Waals surface area contributed by atoms with Crippen molar-refractivity contribution in [3.8, 4) is 0 Å². The van der Waals surface area contributed by atoms with Gasteiger partial charge in [-0.25, -0.2) is 0 Å². The Kier molecular flexibility index (Phi) is 7.34. The molecule has 0 aromatic heterocycles. The van der Waals surface area contributed by atoms with Crippen LogP contribution in [0.25, 0.3) is 0 Å². The lowest BCUT2D eigenvalue weighted by Gasteiger charge is -2.36. The topological polar surface area (TPSA) is 70.0 Å². The summed E-state index contributed by atoms with van der Waals surface area (Å²) in [7, 11) is 0. The summed E-state index contributed by atoms with van der Waals surface area (Å²) in [5, 5.41) is 19.1. The van der Waals surface area contributed by atoms with Crippen LogP contribution in [-0.4, -0.2) is 59.5 Å². The van der Waals surface area contributed by atoms with E-state index in [1.165, 1.54) is 0 Å². The molecule has 0 aromatic rings. The SMILES string of the molecule is CCCCOCC(O)CN1CCC(C)CC1C(=O)O. The number of carboxylic acids is 1. The summed E-state index contributed by atoms with van der Waals surface area (Å²) in [5.74, 6) is -0.346. The number of carboxylic acid groups (broad SMARTS) is 1. The minimum absolute atomic E-state index is 0.290. The van der Waals surface area contributed by atoms with Gasteiger partial charge in [0.25, 0.3) is 0 Å². The van der Waals surface area contributed by atoms with Gasteiger partial charge in [-0.05, 0) is 31.7 Å². The molecule has 0 saturated carbocycles. The third-order valence-electron chi connectivity index (χ3n) is 3.66. The fourth-order valence-corrected chi connectivity index (χ4v) is 2.45. The molecule has 5 nitrogen and oxygen atoms in total. The Morgan fingerprint density at radius 1 is 1.53 bits per heavy atom. The van der Waals surface area contributed by atoms with Gasteiger partial charge in [0.1, 0.15) is 6.04 Å². The summed E-state index contributed by atoms with van der Waals surface area (Å²) in [5.41, 5.74) is 0. The first-order chi connectivity index (χ1) is 9.04. The molecule has 0 amide bonds. The van der Waals surface area contributed by atoms with Gasteiger partial charge in [-0.15, -0.1) is 0 Å². The van der Waals surface area contributed by atoms with E-state index in [0.29, 0.717) is 32.1 Å². The molecule has 0 spiro atoms. The quantitative estimate of drug-likeness (QED) is 0.653. The van der Waals surface area contributed by atoms with Gasteiger partial charge in [-0.2, -0.15) is 0 Å². The zero-order valence-electron chi connectivity index (χ0n) is 12.0. The van der Waals surface area contributed by atoms with Crippen molar-refractivity contribution < 1.29 is 19.7 Å². The van der Waals surface area contributed by atoms with Crippen molar-refractivity contribution in [1.29, 1.82) is 0 Å². The van der Waals surface area contributed by atoms with Crippen LogP contribution in [-0.2, 0) is 9.53 Å². The summed E-state index contributed by atoms with van der Waals surface area (Å²) >= 11 is 0. The first-order valence-corrected chi connectivity index (χ1v) is 7.27. The normalized spacial score (nSPS) is 26.3. The van der Waals surface area contributed by atoms with Gasteiger partial charge in [0.2, 0.25) is 0 Å². The highest BCUT2D eigenvalue weighted by molar-refractivity contribution is 5.73. The number of aliphatic hydroxyl groups is 1. The number of carbonyl (C=O) groups is 1. The first kappa shape index (κ1) is 16.4. The molecule has 1 heterocycles. The fourth-order valence-electron chi connectivity index (χ4n) is 2.45. The van der Waals surface area contributed by atoms with Crippen molar-refractivity contribution in [3.63, 3.8) is 0 Å². The van der Waals surface area contributed by atoms with Crippen molar-refractivity contribution in [1.82, 2.24) is 4.90 Å². The number of piperidine rings is 1. The minimum atomic E-state index is -0.786. The van der Waals surface area contributed by atoms with Crippen LogP contribution in [0.3, 0.4) is 0 Å². The molecule has 0 radical (unpaired) electrons. The van der Waals surface area contributed by atoms with E-state index in [0.717, 1.165) is 25.8 Å². The highest BCUT2D eigenvalue weighted by Gasteiger charge is 2.32. The number of aliphatic hydroxyl groups excluding tert-OH is 1. The molecule has 19 heavy (non-hydrogen) atoms. The van der Waals surface area contributed by atoms with Crippen LogP contribution >= 0.6 is 0 Å². The molecule has 1 rings (SSSR count). The molecule has 1 saturated heterocycles. The Morgan fingerprint density at radius 3 is 2.89 bits per heavy atom. The predicted octanol–water partition coefficient (Wildman–Crippen LogP) is 1.35. The Morgan fingerprint density at radius 2 is 2.26 bits per heavy atom. The van der Waals surface area contributed by atoms with E-state index in [9.17, 15) is 15.0 Å². The number of β-amino-alcohol motifs (C(OH)–C–C–N with tert-alkyl or cyclic N) is 1. The molecule has 1 aliphatic rings. The molecule has 0 aromatic carbocycles. The van der Waals surface area contributed by atoms with Crippen LogP contribution in [0.15, 0.2) is 0 Å². The number of nitrogens with zero attached hydrogens (tertiary/aromatic N) is 1. The van der Waals surface area contributed by atoms with Crippen molar-refractivity contribution >= 4 is 5.97 Å². The average molecular weight is 273 g/mol. The van der Waals surface area contributed by atoms with Crippen LogP contribution in [0.4, 0.5) is 0 Å². The standard InChI is InChI=1S/C14H27NO4/c1-3-4-7-19-10-12(16)9-15-6-5-11(2)8-13(15)14(17)18/h11-13,16H,3-10H2,1-2H3,(H,17,18). The Labute approximate surface area is 115 Å². The maximum Gasteiger partial charge on any atom is 0.320 e. The van der Waals surface area contributed by atoms with Gasteiger partial charge in [-0.1, -0.05) is 20.3 Å². The van der Waals surface area contributed by atoms with E-state index in [-0.39, 0.29) is 0 Å². The molecule has 1 fully saturated rings. The van der Waals surface area contributed by atoms with Gasteiger partial charge < -0.3 is 14.9 Å². The average Bonchev–Trinajstić information content (AvgIpc) is 2.36. The van der Waals surface area contributed by atoms with Crippen molar-refractivity contribution in [3.05, 3.63) is 0 Å². The number of likely N-dealkylation sites (tertiary alicyclic amines) is 1. The van der Waals surface area contributed by atoms with Crippen LogP contribution < -0.4 is 0 Å². The van der Waals surface area contributed by atoms with Gasteiger partial charge in [-0.3, -0.25) is 9.69 Å². The first-order valence-electron chi connectivity index (χ1n) is 7.27. The number of aliphatic carboxylic acids is 1. The van der Waals surface area contributed by atoms with E-state index in [1.54, 1.807) is 0 Å². The molecule has 3 atom stereocenters. The van der Waals surface area contributed by atoms with E-state index in [1.807, 2.05) is 4.90 Å². The van der Waals surface area contributed by atoms with E-state index < -0.39 is 18.1 Å². The number of ether oxygens (including phenoxy) is 1. The molecule has 1 aliphatic heterocycles. The molecule has 3 unspecified atom stereocenters. The zero-order valence-corrected chi connectivity index (χ0v) is 12.0. The molecular formula is C14H27NO4. The summed E-state index contributed by atoms with van der Waals surface area (Å²) < 4.78 is 5.37. The second-order valence-electron chi connectivity index (χ2n) is 5.56. The van der Waals surface area contributed by atoms with Crippen molar-refractivity contribution in [2.75, 3.05) is 26.3 Å². The van der Waals surface area contributed by atoms with E-state index in [2.05, 4.69) is 13.8 Å². The third-order valence-corrected chi connectivity index (χ3v) is 3.66. The maximum atomic E-state index is 11.2. The van der Waals surface area contributed by atoms with Crippen molar-refractivity contribution in [2.24, 2.45) is 5.92 Å². The largest absolute Gasteiger partial charge is 0.480 e. The second-order valence-corrected chi connectivity index (χ2v) is 5.56. The Balaban J connectivity index is 2.34. The zero-order chi connectivity index (χ0) is 14.3. The highest BCUT2D eigenvalue weighted by Crippen LogP contribution is 2.22. The van der Waals surface area contributed by atoms with Gasteiger partial charge in [0.05, 0.1) is 12.7 Å². The minimum Gasteiger partial charge on any atom is -0.480 e. The van der Waals surface area contributed by atoms with Crippen LogP contribution in [0.1, 0.15) is 39.5 Å². The number of unbranched alkanes of at least 4 members (excludes halogenated alkanes) is 1. The smallest absolute Gasteiger partial charge is 0.320 e. The molecule has 5 heteroatoms. The fraction of sp³-hybridized carbons (Fsp3) is 0.929. The molecule has 0 aliphatic carbocycles. The lowest BCUT2D eigenvalue weighted by atomic mass is 9.92. The third kappa shape index (κ3) is 5.89. The van der Waals surface area contributed by atoms with Gasteiger partial charge >= 0.3 is 5.97 Å². The predicted molar refractivity (Wildman–Crippen MR) is 73.1 cm³/mol.